The van der Waals surface area contributed by atoms with Gasteiger partial charge in [0.05, 0.1) is 10.6 Å². The summed E-state index contributed by atoms with van der Waals surface area (Å²) < 4.78 is 5.33. The molecule has 100 valence electrons. The molecule has 1 rings (SSSR count). The number of hydrogen-bond donors (Lipinski definition) is 2. The van der Waals surface area contributed by atoms with E-state index in [0.29, 0.717) is 19.0 Å². The number of nitrogens with one attached hydrogen (secondary N) is 1. The minimum Gasteiger partial charge on any atom is -0.478 e. The maximum atomic E-state index is 10.9. The molecule has 0 aliphatic heterocycles. The van der Waals surface area contributed by atoms with E-state index < -0.39 is 5.97 Å². The second-order valence-electron chi connectivity index (χ2n) is 3.72. The standard InChI is InChI=1S/C12H17ClN2O3/c1-2-7-18-8-3-5-14-11-10(13)9(12(16)17)4-6-15-11/h4,6H,2-3,5,7-8H2,1H3,(H,14,15)(H,16,17). The van der Waals surface area contributed by atoms with Gasteiger partial charge in [-0.15, -0.1) is 0 Å². The lowest BCUT2D eigenvalue weighted by molar-refractivity contribution is 0.0697. The van der Waals surface area contributed by atoms with Crippen molar-refractivity contribution in [2.75, 3.05) is 25.1 Å². The van der Waals surface area contributed by atoms with Crippen LogP contribution in [0.15, 0.2) is 12.3 Å². The van der Waals surface area contributed by atoms with E-state index in [9.17, 15) is 4.79 Å². The highest BCUT2D eigenvalue weighted by atomic mass is 35.5. The van der Waals surface area contributed by atoms with E-state index in [1.54, 1.807) is 0 Å². The summed E-state index contributed by atoms with van der Waals surface area (Å²) in [5, 5.41) is 12.0. The van der Waals surface area contributed by atoms with Gasteiger partial charge in [-0.3, -0.25) is 0 Å². The Morgan fingerprint density at radius 2 is 2.33 bits per heavy atom. The Morgan fingerprint density at radius 1 is 1.56 bits per heavy atom. The van der Waals surface area contributed by atoms with E-state index in [-0.39, 0.29) is 10.6 Å². The number of pyridine rings is 1. The van der Waals surface area contributed by atoms with E-state index in [0.717, 1.165) is 19.4 Å². The first kappa shape index (κ1) is 14.7. The molecule has 1 heterocycles. The van der Waals surface area contributed by atoms with Crippen LogP contribution in [0.5, 0.6) is 0 Å². The Labute approximate surface area is 111 Å². The Hall–Kier alpha value is -1.33. The number of anilines is 1. The van der Waals surface area contributed by atoms with Crippen LogP contribution < -0.4 is 5.32 Å². The number of nitrogens with zero attached hydrogens (tertiary/aromatic N) is 1. The zero-order valence-corrected chi connectivity index (χ0v) is 11.0. The topological polar surface area (TPSA) is 71.5 Å². The maximum Gasteiger partial charge on any atom is 0.337 e. The van der Waals surface area contributed by atoms with Gasteiger partial charge in [0.15, 0.2) is 0 Å². The summed E-state index contributed by atoms with van der Waals surface area (Å²) in [5.74, 6) is -0.663. The van der Waals surface area contributed by atoms with Crippen LogP contribution >= 0.6 is 11.6 Å². The normalized spacial score (nSPS) is 10.3. The highest BCUT2D eigenvalue weighted by Crippen LogP contribution is 2.23. The molecule has 0 aliphatic rings. The monoisotopic (exact) mass is 272 g/mol. The Kier molecular flexibility index (Phi) is 6.46. The third-order valence-corrected chi connectivity index (χ3v) is 2.61. The van der Waals surface area contributed by atoms with Gasteiger partial charge >= 0.3 is 5.97 Å². The van der Waals surface area contributed by atoms with Gasteiger partial charge in [-0.05, 0) is 18.9 Å². The predicted octanol–water partition coefficient (Wildman–Crippen LogP) is 2.66. The maximum absolute atomic E-state index is 10.9. The summed E-state index contributed by atoms with van der Waals surface area (Å²) in [7, 11) is 0. The first-order chi connectivity index (χ1) is 8.66. The van der Waals surface area contributed by atoms with Gasteiger partial charge in [-0.1, -0.05) is 18.5 Å². The van der Waals surface area contributed by atoms with Crippen LogP contribution in [0.4, 0.5) is 5.82 Å². The smallest absolute Gasteiger partial charge is 0.337 e. The summed E-state index contributed by atoms with van der Waals surface area (Å²) in [5.41, 5.74) is 0.0522. The Balaban J connectivity index is 2.43. The first-order valence-corrected chi connectivity index (χ1v) is 6.24. The van der Waals surface area contributed by atoms with E-state index in [1.807, 2.05) is 0 Å². The van der Waals surface area contributed by atoms with Gasteiger partial charge in [0.1, 0.15) is 5.82 Å². The molecule has 1 aromatic heterocycles. The van der Waals surface area contributed by atoms with Crippen molar-refractivity contribution < 1.29 is 14.6 Å². The molecule has 0 saturated heterocycles. The SMILES string of the molecule is CCCOCCCNc1nccc(C(=O)O)c1Cl. The van der Waals surface area contributed by atoms with Crippen LogP contribution in [-0.4, -0.2) is 35.8 Å². The molecular weight excluding hydrogens is 256 g/mol. The summed E-state index contributed by atoms with van der Waals surface area (Å²) >= 11 is 5.93. The third kappa shape index (κ3) is 4.50. The highest BCUT2D eigenvalue weighted by molar-refractivity contribution is 6.35. The minimum atomic E-state index is -1.06. The average Bonchev–Trinajstić information content (AvgIpc) is 2.35. The summed E-state index contributed by atoms with van der Waals surface area (Å²) in [6.45, 7) is 4.11. The molecule has 0 spiro atoms. The molecule has 2 N–H and O–H groups in total. The second kappa shape index (κ2) is 7.89. The van der Waals surface area contributed by atoms with Crippen LogP contribution in [0.3, 0.4) is 0 Å². The van der Waals surface area contributed by atoms with Crippen molar-refractivity contribution in [2.45, 2.75) is 19.8 Å². The fraction of sp³-hybridized carbons (Fsp3) is 0.500. The molecular formula is C12H17ClN2O3. The van der Waals surface area contributed by atoms with Crippen molar-refractivity contribution in [3.63, 3.8) is 0 Å². The number of hydrogen-bond acceptors (Lipinski definition) is 4. The molecule has 0 amide bonds. The molecule has 5 nitrogen and oxygen atoms in total. The minimum absolute atomic E-state index is 0.0522. The molecule has 1 aromatic rings. The van der Waals surface area contributed by atoms with E-state index >= 15 is 0 Å². The van der Waals surface area contributed by atoms with Crippen molar-refractivity contribution in [3.8, 4) is 0 Å². The molecule has 6 heteroatoms. The predicted molar refractivity (Wildman–Crippen MR) is 70.4 cm³/mol. The van der Waals surface area contributed by atoms with E-state index in [4.69, 9.17) is 21.4 Å². The van der Waals surface area contributed by atoms with Gasteiger partial charge in [-0.25, -0.2) is 9.78 Å². The number of carbonyl (C=O) groups is 1. The van der Waals surface area contributed by atoms with Crippen LogP contribution in [0, 0.1) is 0 Å². The van der Waals surface area contributed by atoms with Crippen LogP contribution in [0.2, 0.25) is 5.02 Å². The molecule has 0 aliphatic carbocycles. The zero-order valence-electron chi connectivity index (χ0n) is 10.3. The number of aromatic carboxylic acids is 1. The van der Waals surface area contributed by atoms with Gasteiger partial charge in [0, 0.05) is 26.0 Å². The fourth-order valence-electron chi connectivity index (χ4n) is 1.36. The number of carboxylic acid groups (broad SMARTS) is 1. The van der Waals surface area contributed by atoms with Crippen molar-refractivity contribution in [3.05, 3.63) is 22.8 Å². The lowest BCUT2D eigenvalue weighted by Crippen LogP contribution is -2.09. The molecule has 0 bridgehead atoms. The summed E-state index contributed by atoms with van der Waals surface area (Å²) in [4.78, 5) is 14.9. The van der Waals surface area contributed by atoms with E-state index in [1.165, 1.54) is 12.3 Å². The third-order valence-electron chi connectivity index (χ3n) is 2.23. The molecule has 0 radical (unpaired) electrons. The second-order valence-corrected chi connectivity index (χ2v) is 4.10. The highest BCUT2D eigenvalue weighted by Gasteiger charge is 2.12. The van der Waals surface area contributed by atoms with Gasteiger partial charge in [0.2, 0.25) is 0 Å². The number of halogens is 1. The van der Waals surface area contributed by atoms with Gasteiger partial charge in [0.25, 0.3) is 0 Å². The van der Waals surface area contributed by atoms with Crippen molar-refractivity contribution >= 4 is 23.4 Å². The Bertz CT molecular complexity index is 399. The average molecular weight is 273 g/mol. The lowest BCUT2D eigenvalue weighted by Gasteiger charge is -2.08. The van der Waals surface area contributed by atoms with Gasteiger partial charge < -0.3 is 15.2 Å². The number of aromatic nitrogens is 1. The molecule has 0 unspecified atom stereocenters. The molecule has 18 heavy (non-hydrogen) atoms. The quantitative estimate of drug-likeness (QED) is 0.712. The van der Waals surface area contributed by atoms with Gasteiger partial charge in [-0.2, -0.15) is 0 Å². The van der Waals surface area contributed by atoms with Crippen LogP contribution in [0.25, 0.3) is 0 Å². The molecule has 0 atom stereocenters. The largest absolute Gasteiger partial charge is 0.478 e. The number of carboxylic acids is 1. The van der Waals surface area contributed by atoms with Crippen molar-refractivity contribution in [2.24, 2.45) is 0 Å². The summed E-state index contributed by atoms with van der Waals surface area (Å²) in [6, 6.07) is 1.38. The van der Waals surface area contributed by atoms with Crippen LogP contribution in [-0.2, 0) is 4.74 Å². The van der Waals surface area contributed by atoms with Crippen molar-refractivity contribution in [1.82, 2.24) is 4.98 Å². The van der Waals surface area contributed by atoms with E-state index in [2.05, 4.69) is 17.2 Å². The molecule has 0 fully saturated rings. The first-order valence-electron chi connectivity index (χ1n) is 5.86. The Morgan fingerprint density at radius 3 is 3.00 bits per heavy atom. The number of ether oxygens (including phenoxy) is 1. The number of rotatable bonds is 8. The zero-order chi connectivity index (χ0) is 13.4. The summed E-state index contributed by atoms with van der Waals surface area (Å²) in [6.07, 6.45) is 3.24. The van der Waals surface area contributed by atoms with Crippen molar-refractivity contribution in [1.29, 1.82) is 0 Å². The molecule has 0 saturated carbocycles. The van der Waals surface area contributed by atoms with Crippen LogP contribution in [0.1, 0.15) is 30.1 Å². The lowest BCUT2D eigenvalue weighted by atomic mass is 10.2. The molecule has 0 aromatic carbocycles. The fourth-order valence-corrected chi connectivity index (χ4v) is 1.62.